The molecule has 0 bridgehead atoms. The number of rotatable bonds is 3. The molecule has 2 N–H and O–H groups in total. The van der Waals surface area contributed by atoms with Crippen LogP contribution in [0.5, 0.6) is 0 Å². The van der Waals surface area contributed by atoms with E-state index in [1.54, 1.807) is 26.0 Å². The molecule has 0 atom stereocenters. The largest absolute Gasteiger partial charge is 0.319 e. The molecule has 1 amide bonds. The van der Waals surface area contributed by atoms with Gasteiger partial charge in [-0.1, -0.05) is 6.07 Å². The van der Waals surface area contributed by atoms with Gasteiger partial charge in [-0.15, -0.1) is 0 Å². The molecule has 0 saturated carbocycles. The van der Waals surface area contributed by atoms with Crippen LogP contribution in [0.1, 0.15) is 22.8 Å². The van der Waals surface area contributed by atoms with Gasteiger partial charge in [0.15, 0.2) is 0 Å². The monoisotopic (exact) mass is 341 g/mol. The molecule has 0 unspecified atom stereocenters. The summed E-state index contributed by atoms with van der Waals surface area (Å²) < 4.78 is 15.1. The Balaban J connectivity index is 2.03. The van der Waals surface area contributed by atoms with Gasteiger partial charge in [-0.25, -0.2) is 4.39 Å². The number of halogens is 1. The van der Waals surface area contributed by atoms with Crippen molar-refractivity contribution in [3.8, 4) is 0 Å². The van der Waals surface area contributed by atoms with E-state index < -0.39 is 22.8 Å². The SMILES string of the molecule is CCn1c(=O)c(=O)[nH]c2cc(C(=O)Nc3cc(C)ccc3F)ccc21. The summed E-state index contributed by atoms with van der Waals surface area (Å²) in [5, 5.41) is 2.51. The number of carbonyl (C=O) groups excluding carboxylic acids is 1. The molecular weight excluding hydrogens is 325 g/mol. The maximum absolute atomic E-state index is 13.8. The molecule has 6 nitrogen and oxygen atoms in total. The van der Waals surface area contributed by atoms with Gasteiger partial charge in [0.1, 0.15) is 5.82 Å². The van der Waals surface area contributed by atoms with Crippen LogP contribution in [-0.2, 0) is 6.54 Å². The zero-order valence-corrected chi connectivity index (χ0v) is 13.7. The number of aromatic nitrogens is 2. The molecule has 1 heterocycles. The number of aromatic amines is 1. The van der Waals surface area contributed by atoms with Crippen molar-refractivity contribution in [3.05, 3.63) is 74.0 Å². The summed E-state index contributed by atoms with van der Waals surface area (Å²) in [6.45, 7) is 3.88. The van der Waals surface area contributed by atoms with E-state index in [2.05, 4.69) is 10.3 Å². The Morgan fingerprint density at radius 2 is 1.96 bits per heavy atom. The van der Waals surface area contributed by atoms with Gasteiger partial charge in [0.05, 0.1) is 16.7 Å². The van der Waals surface area contributed by atoms with Crippen molar-refractivity contribution in [1.29, 1.82) is 0 Å². The highest BCUT2D eigenvalue weighted by Crippen LogP contribution is 2.18. The van der Waals surface area contributed by atoms with E-state index in [4.69, 9.17) is 0 Å². The van der Waals surface area contributed by atoms with Crippen LogP contribution in [0.2, 0.25) is 0 Å². The predicted molar refractivity (Wildman–Crippen MR) is 93.6 cm³/mol. The van der Waals surface area contributed by atoms with Crippen molar-refractivity contribution >= 4 is 22.6 Å². The number of hydrogen-bond donors (Lipinski definition) is 2. The Morgan fingerprint density at radius 1 is 1.20 bits per heavy atom. The minimum absolute atomic E-state index is 0.0807. The third kappa shape index (κ3) is 3.08. The summed E-state index contributed by atoms with van der Waals surface area (Å²) in [7, 11) is 0. The maximum atomic E-state index is 13.8. The Hall–Kier alpha value is -3.22. The van der Waals surface area contributed by atoms with E-state index in [0.717, 1.165) is 5.56 Å². The molecule has 0 radical (unpaired) electrons. The molecule has 3 aromatic rings. The van der Waals surface area contributed by atoms with Crippen molar-refractivity contribution in [1.82, 2.24) is 9.55 Å². The first-order chi connectivity index (χ1) is 11.9. The first-order valence-corrected chi connectivity index (χ1v) is 7.75. The van der Waals surface area contributed by atoms with Crippen LogP contribution in [0.4, 0.5) is 10.1 Å². The van der Waals surface area contributed by atoms with Crippen LogP contribution in [-0.4, -0.2) is 15.5 Å². The van der Waals surface area contributed by atoms with Gasteiger partial charge < -0.3 is 14.9 Å². The molecule has 0 aliphatic heterocycles. The Kier molecular flexibility index (Phi) is 4.22. The number of aryl methyl sites for hydroxylation is 2. The van der Waals surface area contributed by atoms with Crippen LogP contribution in [0.3, 0.4) is 0 Å². The highest BCUT2D eigenvalue weighted by Gasteiger charge is 2.12. The molecule has 0 aliphatic carbocycles. The highest BCUT2D eigenvalue weighted by atomic mass is 19.1. The molecule has 25 heavy (non-hydrogen) atoms. The molecule has 7 heteroatoms. The van der Waals surface area contributed by atoms with Crippen molar-refractivity contribution in [2.45, 2.75) is 20.4 Å². The number of nitrogens with zero attached hydrogens (tertiary/aromatic N) is 1. The Labute approximate surface area is 141 Å². The summed E-state index contributed by atoms with van der Waals surface area (Å²) in [6, 6.07) is 8.99. The van der Waals surface area contributed by atoms with E-state index in [9.17, 15) is 18.8 Å². The van der Waals surface area contributed by atoms with E-state index in [0.29, 0.717) is 17.6 Å². The third-order valence-corrected chi connectivity index (χ3v) is 3.92. The van der Waals surface area contributed by atoms with Crippen molar-refractivity contribution in [2.24, 2.45) is 0 Å². The summed E-state index contributed by atoms with van der Waals surface area (Å²) in [5.41, 5.74) is 0.619. The lowest BCUT2D eigenvalue weighted by Crippen LogP contribution is -2.36. The lowest BCUT2D eigenvalue weighted by molar-refractivity contribution is 0.102. The molecule has 128 valence electrons. The van der Waals surface area contributed by atoms with Crippen LogP contribution < -0.4 is 16.4 Å². The average Bonchev–Trinajstić information content (AvgIpc) is 2.59. The van der Waals surface area contributed by atoms with Crippen LogP contribution >= 0.6 is 0 Å². The van der Waals surface area contributed by atoms with Gasteiger partial charge in [0.2, 0.25) is 0 Å². The highest BCUT2D eigenvalue weighted by molar-refractivity contribution is 6.06. The zero-order valence-electron chi connectivity index (χ0n) is 13.7. The molecule has 0 fully saturated rings. The maximum Gasteiger partial charge on any atom is 0.316 e. The lowest BCUT2D eigenvalue weighted by Gasteiger charge is -2.10. The standard InChI is InChI=1S/C18H16FN3O3/c1-3-22-15-7-5-11(9-14(15)21-17(24)18(22)25)16(23)20-13-8-10(2)4-6-12(13)19/h4-9H,3H2,1-2H3,(H,20,23)(H,21,24). The number of carbonyl (C=O) groups is 1. The van der Waals surface area contributed by atoms with E-state index in [1.807, 2.05) is 0 Å². The summed E-state index contributed by atoms with van der Waals surface area (Å²) in [4.78, 5) is 38.4. The normalized spacial score (nSPS) is 10.8. The van der Waals surface area contributed by atoms with Gasteiger partial charge in [0, 0.05) is 12.1 Å². The molecule has 3 rings (SSSR count). The van der Waals surface area contributed by atoms with Gasteiger partial charge in [0.25, 0.3) is 5.91 Å². The van der Waals surface area contributed by atoms with E-state index in [-0.39, 0.29) is 11.3 Å². The summed E-state index contributed by atoms with van der Waals surface area (Å²) in [6.07, 6.45) is 0. The Bertz CT molecular complexity index is 1100. The summed E-state index contributed by atoms with van der Waals surface area (Å²) in [5.74, 6) is -1.05. The number of nitrogens with one attached hydrogen (secondary N) is 2. The number of H-pyrrole nitrogens is 1. The fraction of sp³-hybridized carbons (Fsp3) is 0.167. The molecule has 0 saturated heterocycles. The zero-order chi connectivity index (χ0) is 18.1. The second kappa shape index (κ2) is 6.35. The quantitative estimate of drug-likeness (QED) is 0.718. The number of fused-ring (bicyclic) bond motifs is 1. The van der Waals surface area contributed by atoms with Crippen molar-refractivity contribution < 1.29 is 9.18 Å². The smallest absolute Gasteiger partial charge is 0.316 e. The van der Waals surface area contributed by atoms with E-state index >= 15 is 0 Å². The van der Waals surface area contributed by atoms with Crippen molar-refractivity contribution in [3.63, 3.8) is 0 Å². The minimum atomic E-state index is -0.753. The molecule has 2 aromatic carbocycles. The second-order valence-electron chi connectivity index (χ2n) is 5.67. The van der Waals surface area contributed by atoms with Crippen LogP contribution in [0, 0.1) is 12.7 Å². The van der Waals surface area contributed by atoms with Crippen molar-refractivity contribution in [2.75, 3.05) is 5.32 Å². The van der Waals surface area contributed by atoms with E-state index in [1.165, 1.54) is 28.8 Å². The molecule has 0 aliphatic rings. The number of amides is 1. The number of hydrogen-bond acceptors (Lipinski definition) is 3. The lowest BCUT2D eigenvalue weighted by atomic mass is 10.1. The number of benzene rings is 2. The first-order valence-electron chi connectivity index (χ1n) is 7.75. The van der Waals surface area contributed by atoms with Gasteiger partial charge in [-0.2, -0.15) is 0 Å². The molecular formula is C18H16FN3O3. The second-order valence-corrected chi connectivity index (χ2v) is 5.67. The van der Waals surface area contributed by atoms with Gasteiger partial charge >= 0.3 is 11.1 Å². The predicted octanol–water partition coefficient (Wildman–Crippen LogP) is 2.41. The molecule has 0 spiro atoms. The average molecular weight is 341 g/mol. The minimum Gasteiger partial charge on any atom is -0.319 e. The van der Waals surface area contributed by atoms with Crippen LogP contribution in [0.15, 0.2) is 46.0 Å². The third-order valence-electron chi connectivity index (χ3n) is 3.92. The number of anilines is 1. The fourth-order valence-corrected chi connectivity index (χ4v) is 2.66. The topological polar surface area (TPSA) is 84.0 Å². The Morgan fingerprint density at radius 3 is 2.68 bits per heavy atom. The fourth-order valence-electron chi connectivity index (χ4n) is 2.66. The van der Waals surface area contributed by atoms with Gasteiger partial charge in [-0.3, -0.25) is 14.4 Å². The molecule has 1 aromatic heterocycles. The summed E-state index contributed by atoms with van der Waals surface area (Å²) >= 11 is 0. The van der Waals surface area contributed by atoms with Crippen LogP contribution in [0.25, 0.3) is 11.0 Å². The first kappa shape index (κ1) is 16.6. The van der Waals surface area contributed by atoms with Gasteiger partial charge in [-0.05, 0) is 49.7 Å².